The first-order valence-electron chi connectivity index (χ1n) is 12.1. The largest absolute Gasteiger partial charge is 0.493 e. The van der Waals surface area contributed by atoms with E-state index >= 15 is 0 Å². The molecule has 0 saturated carbocycles. The number of amides is 1. The highest BCUT2D eigenvalue weighted by atomic mass is 16.5. The van der Waals surface area contributed by atoms with E-state index in [1.54, 1.807) is 6.08 Å². The van der Waals surface area contributed by atoms with E-state index < -0.39 is 0 Å². The highest BCUT2D eigenvalue weighted by Crippen LogP contribution is 2.41. The Kier molecular flexibility index (Phi) is 7.11. The number of ether oxygens (including phenoxy) is 1. The van der Waals surface area contributed by atoms with Gasteiger partial charge in [-0.25, -0.2) is 0 Å². The van der Waals surface area contributed by atoms with Crippen molar-refractivity contribution in [1.29, 1.82) is 0 Å². The van der Waals surface area contributed by atoms with Crippen LogP contribution in [0.4, 0.5) is 0 Å². The Morgan fingerprint density at radius 2 is 1.80 bits per heavy atom. The van der Waals surface area contributed by atoms with Crippen molar-refractivity contribution in [2.24, 2.45) is 0 Å². The summed E-state index contributed by atoms with van der Waals surface area (Å²) in [6, 6.07) is 18.4. The summed E-state index contributed by atoms with van der Waals surface area (Å²) in [5.41, 5.74) is 9.14. The molecule has 180 valence electrons. The van der Waals surface area contributed by atoms with Crippen LogP contribution in [-0.4, -0.2) is 12.5 Å². The molecule has 0 fully saturated rings. The number of carbonyl (C=O) groups excluding carboxylic acids is 1. The normalized spacial score (nSPS) is 12.6. The number of carbonyl (C=O) groups is 1. The number of hydrogen-bond donors (Lipinski definition) is 1. The van der Waals surface area contributed by atoms with Crippen LogP contribution in [0.3, 0.4) is 0 Å². The third-order valence-electron chi connectivity index (χ3n) is 6.44. The number of hydrogen-bond acceptors (Lipinski definition) is 3. The van der Waals surface area contributed by atoms with Gasteiger partial charge in [0.2, 0.25) is 5.91 Å². The average molecular weight is 468 g/mol. The fourth-order valence-corrected chi connectivity index (χ4v) is 4.62. The molecule has 0 aliphatic carbocycles. The van der Waals surface area contributed by atoms with Crippen LogP contribution in [-0.2, 0) is 4.79 Å². The fourth-order valence-electron chi connectivity index (χ4n) is 4.62. The molecule has 35 heavy (non-hydrogen) atoms. The highest BCUT2D eigenvalue weighted by Gasteiger charge is 2.20. The van der Waals surface area contributed by atoms with Gasteiger partial charge in [-0.15, -0.1) is 0 Å². The Morgan fingerprint density at radius 1 is 1.06 bits per heavy atom. The average Bonchev–Trinajstić information content (AvgIpc) is 3.25. The second-order valence-corrected chi connectivity index (χ2v) is 9.12. The molecule has 4 nitrogen and oxygen atoms in total. The van der Waals surface area contributed by atoms with Gasteiger partial charge < -0.3 is 14.5 Å². The molecule has 1 heterocycles. The third-order valence-corrected chi connectivity index (χ3v) is 6.44. The van der Waals surface area contributed by atoms with Crippen molar-refractivity contribution in [1.82, 2.24) is 5.32 Å². The SMILES string of the molecule is CCOc1c(/C(C)=C/C(=O)NC(C)c2ccccc2)cc2c(-c3ccc(C)cc3C)coc2c1C. The van der Waals surface area contributed by atoms with Crippen molar-refractivity contribution in [3.05, 3.63) is 94.8 Å². The minimum absolute atomic E-state index is 0.0895. The maximum absolute atomic E-state index is 12.9. The van der Waals surface area contributed by atoms with Gasteiger partial charge in [-0.2, -0.15) is 0 Å². The number of allylic oxidation sites excluding steroid dienone is 1. The van der Waals surface area contributed by atoms with Crippen LogP contribution in [0.1, 0.15) is 54.6 Å². The van der Waals surface area contributed by atoms with Crippen LogP contribution >= 0.6 is 0 Å². The van der Waals surface area contributed by atoms with Gasteiger partial charge in [0.25, 0.3) is 0 Å². The maximum atomic E-state index is 12.9. The molecule has 0 radical (unpaired) electrons. The summed E-state index contributed by atoms with van der Waals surface area (Å²) < 4.78 is 12.1. The zero-order valence-electron chi connectivity index (χ0n) is 21.4. The fraction of sp³-hybridized carbons (Fsp3) is 0.258. The van der Waals surface area contributed by atoms with Crippen LogP contribution in [0.25, 0.3) is 27.7 Å². The molecule has 0 spiro atoms. The number of aryl methyl sites for hydroxylation is 3. The lowest BCUT2D eigenvalue weighted by Crippen LogP contribution is -2.24. The molecule has 1 unspecified atom stereocenters. The van der Waals surface area contributed by atoms with E-state index in [1.165, 1.54) is 11.1 Å². The van der Waals surface area contributed by atoms with Crippen molar-refractivity contribution in [2.45, 2.75) is 47.6 Å². The molecule has 0 aliphatic heterocycles. The maximum Gasteiger partial charge on any atom is 0.244 e. The second-order valence-electron chi connectivity index (χ2n) is 9.12. The van der Waals surface area contributed by atoms with Crippen LogP contribution in [0.15, 0.2) is 71.4 Å². The van der Waals surface area contributed by atoms with Gasteiger partial charge in [0.05, 0.1) is 18.9 Å². The predicted molar refractivity (Wildman–Crippen MR) is 144 cm³/mol. The van der Waals surface area contributed by atoms with Crippen LogP contribution in [0, 0.1) is 20.8 Å². The minimum atomic E-state index is -0.138. The van der Waals surface area contributed by atoms with Crippen molar-refractivity contribution in [3.8, 4) is 16.9 Å². The van der Waals surface area contributed by atoms with E-state index in [0.29, 0.717) is 6.61 Å². The smallest absolute Gasteiger partial charge is 0.244 e. The molecule has 3 aromatic carbocycles. The number of fused-ring (bicyclic) bond motifs is 1. The van der Waals surface area contributed by atoms with Crippen LogP contribution in [0.2, 0.25) is 0 Å². The zero-order valence-corrected chi connectivity index (χ0v) is 21.4. The summed E-state index contributed by atoms with van der Waals surface area (Å²) in [5.74, 6) is 0.611. The Bertz CT molecular complexity index is 1400. The second kappa shape index (κ2) is 10.2. The van der Waals surface area contributed by atoms with Gasteiger partial charge in [0.1, 0.15) is 11.3 Å². The van der Waals surface area contributed by atoms with E-state index in [0.717, 1.165) is 50.1 Å². The lowest BCUT2D eigenvalue weighted by atomic mass is 9.94. The first-order chi connectivity index (χ1) is 16.8. The van der Waals surface area contributed by atoms with Gasteiger partial charge in [-0.05, 0) is 69.9 Å². The van der Waals surface area contributed by atoms with Gasteiger partial charge in [-0.1, -0.05) is 54.1 Å². The van der Waals surface area contributed by atoms with Gasteiger partial charge in [-0.3, -0.25) is 4.79 Å². The number of furan rings is 1. The number of nitrogens with one attached hydrogen (secondary N) is 1. The zero-order chi connectivity index (χ0) is 25.1. The molecule has 0 saturated heterocycles. The van der Waals surface area contributed by atoms with Crippen molar-refractivity contribution >= 4 is 22.4 Å². The minimum Gasteiger partial charge on any atom is -0.493 e. The molecule has 0 aliphatic rings. The third kappa shape index (κ3) is 5.02. The van der Waals surface area contributed by atoms with Gasteiger partial charge >= 0.3 is 0 Å². The van der Waals surface area contributed by atoms with Crippen LogP contribution < -0.4 is 10.1 Å². The summed E-state index contributed by atoms with van der Waals surface area (Å²) in [4.78, 5) is 12.9. The first kappa shape index (κ1) is 24.3. The van der Waals surface area contributed by atoms with Gasteiger partial charge in [0, 0.05) is 28.2 Å². The van der Waals surface area contributed by atoms with E-state index in [9.17, 15) is 4.79 Å². The summed E-state index contributed by atoms with van der Waals surface area (Å²) in [5, 5.41) is 4.08. The number of benzene rings is 3. The Hall–Kier alpha value is -3.79. The Labute approximate surface area is 207 Å². The van der Waals surface area contributed by atoms with E-state index in [4.69, 9.17) is 9.15 Å². The summed E-state index contributed by atoms with van der Waals surface area (Å²) in [6.45, 7) is 12.6. The number of rotatable bonds is 7. The van der Waals surface area contributed by atoms with Crippen molar-refractivity contribution in [3.63, 3.8) is 0 Å². The summed E-state index contributed by atoms with van der Waals surface area (Å²) >= 11 is 0. The molecular formula is C31H33NO3. The van der Waals surface area contributed by atoms with Crippen LogP contribution in [0.5, 0.6) is 5.75 Å². The Morgan fingerprint density at radius 3 is 2.49 bits per heavy atom. The summed E-state index contributed by atoms with van der Waals surface area (Å²) in [7, 11) is 0. The van der Waals surface area contributed by atoms with Crippen molar-refractivity contribution in [2.75, 3.05) is 6.61 Å². The molecule has 1 amide bonds. The lowest BCUT2D eigenvalue weighted by molar-refractivity contribution is -0.117. The molecule has 1 aromatic heterocycles. The predicted octanol–water partition coefficient (Wildman–Crippen LogP) is 7.70. The Balaban J connectivity index is 1.76. The topological polar surface area (TPSA) is 51.5 Å². The molecule has 0 bridgehead atoms. The molecule has 4 rings (SSSR count). The van der Waals surface area contributed by atoms with E-state index in [1.807, 2.05) is 64.3 Å². The molecule has 4 heteroatoms. The molecule has 1 atom stereocenters. The van der Waals surface area contributed by atoms with E-state index in [-0.39, 0.29) is 11.9 Å². The summed E-state index contributed by atoms with van der Waals surface area (Å²) in [6.07, 6.45) is 3.47. The quantitative estimate of drug-likeness (QED) is 0.283. The van der Waals surface area contributed by atoms with E-state index in [2.05, 4.69) is 43.4 Å². The first-order valence-corrected chi connectivity index (χ1v) is 12.1. The lowest BCUT2D eigenvalue weighted by Gasteiger charge is -2.16. The molecule has 4 aromatic rings. The van der Waals surface area contributed by atoms with Gasteiger partial charge in [0.15, 0.2) is 0 Å². The molecule has 1 N–H and O–H groups in total. The molecular weight excluding hydrogens is 434 g/mol. The van der Waals surface area contributed by atoms with Crippen molar-refractivity contribution < 1.29 is 13.9 Å². The highest BCUT2D eigenvalue weighted by molar-refractivity contribution is 6.02. The standard InChI is InChI=1S/C31H33NO3/c1-7-34-30-22(5)31-27(28(18-35-31)25-14-13-19(2)15-20(25)3)17-26(30)21(4)16-29(33)32-23(6)24-11-9-8-10-12-24/h8-18,23H,7H2,1-6H3,(H,32,33)/b21-16+. The monoisotopic (exact) mass is 467 g/mol.